The smallest absolute Gasteiger partial charge is 0.332 e. The molecule has 0 radical (unpaired) electrons. The van der Waals surface area contributed by atoms with Crippen LogP contribution < -0.4 is 16.6 Å². The molecule has 104 valence electrons. The lowest BCUT2D eigenvalue weighted by Gasteiger charge is -2.01. The summed E-state index contributed by atoms with van der Waals surface area (Å²) in [6.45, 7) is 1.31. The van der Waals surface area contributed by atoms with Crippen molar-refractivity contribution in [2.24, 2.45) is 14.1 Å². The molecule has 2 heterocycles. The third-order valence-corrected chi connectivity index (χ3v) is 2.91. The molecular formula is C11H17N5O3. The van der Waals surface area contributed by atoms with E-state index in [4.69, 9.17) is 4.74 Å². The largest absolute Gasteiger partial charge is 0.385 e. The van der Waals surface area contributed by atoms with Gasteiger partial charge >= 0.3 is 5.69 Å². The molecule has 0 aliphatic rings. The number of nitrogens with one attached hydrogen (secondary N) is 2. The number of hydrogen-bond donors (Lipinski definition) is 2. The van der Waals surface area contributed by atoms with Crippen LogP contribution in [0.5, 0.6) is 0 Å². The van der Waals surface area contributed by atoms with Crippen LogP contribution in [0.4, 0.5) is 5.95 Å². The molecule has 0 aromatic carbocycles. The summed E-state index contributed by atoms with van der Waals surface area (Å²) in [6.07, 6.45) is 0.824. The quantitative estimate of drug-likeness (QED) is 0.706. The van der Waals surface area contributed by atoms with Gasteiger partial charge in [-0.1, -0.05) is 0 Å². The highest BCUT2D eigenvalue weighted by Gasteiger charge is 2.12. The van der Waals surface area contributed by atoms with Gasteiger partial charge in [-0.3, -0.25) is 13.9 Å². The van der Waals surface area contributed by atoms with E-state index in [0.717, 1.165) is 11.0 Å². The molecule has 0 amide bonds. The van der Waals surface area contributed by atoms with Crippen molar-refractivity contribution in [1.82, 2.24) is 19.1 Å². The zero-order valence-corrected chi connectivity index (χ0v) is 11.2. The predicted octanol–water partition coefficient (Wildman–Crippen LogP) is -0.591. The van der Waals surface area contributed by atoms with Gasteiger partial charge < -0.3 is 15.0 Å². The van der Waals surface area contributed by atoms with Crippen LogP contribution >= 0.6 is 0 Å². The number of ether oxygens (including phenoxy) is 1. The maximum absolute atomic E-state index is 11.9. The Bertz CT molecular complexity index is 697. The number of aromatic nitrogens is 4. The standard InChI is InChI=1S/C11H17N5O3/c1-15-8-7(9(17)16(2)11(15)18)13-10(14-8)12-5-4-6-19-3/h4-6H2,1-3H3,(H2,12,13,14). The van der Waals surface area contributed by atoms with Crippen molar-refractivity contribution in [3.63, 3.8) is 0 Å². The van der Waals surface area contributed by atoms with Crippen molar-refractivity contribution in [2.75, 3.05) is 25.6 Å². The van der Waals surface area contributed by atoms with Crippen molar-refractivity contribution in [3.05, 3.63) is 20.8 Å². The summed E-state index contributed by atoms with van der Waals surface area (Å²) < 4.78 is 7.33. The second-order valence-corrected chi connectivity index (χ2v) is 4.26. The van der Waals surface area contributed by atoms with Crippen molar-refractivity contribution < 1.29 is 4.74 Å². The Balaban J connectivity index is 2.36. The van der Waals surface area contributed by atoms with Gasteiger partial charge in [0.2, 0.25) is 5.95 Å². The summed E-state index contributed by atoms with van der Waals surface area (Å²) in [4.78, 5) is 30.8. The number of imidazole rings is 1. The van der Waals surface area contributed by atoms with Gasteiger partial charge in [0.15, 0.2) is 11.2 Å². The fraction of sp³-hybridized carbons (Fsp3) is 0.545. The lowest BCUT2D eigenvalue weighted by molar-refractivity contribution is 0.197. The molecule has 0 fully saturated rings. The third kappa shape index (κ3) is 2.39. The maximum atomic E-state index is 11.9. The van der Waals surface area contributed by atoms with Crippen LogP contribution in [0.3, 0.4) is 0 Å². The summed E-state index contributed by atoms with van der Waals surface area (Å²) >= 11 is 0. The highest BCUT2D eigenvalue weighted by atomic mass is 16.5. The minimum Gasteiger partial charge on any atom is -0.385 e. The van der Waals surface area contributed by atoms with Gasteiger partial charge in [0.25, 0.3) is 5.56 Å². The van der Waals surface area contributed by atoms with E-state index in [-0.39, 0.29) is 5.56 Å². The van der Waals surface area contributed by atoms with Gasteiger partial charge in [-0.05, 0) is 6.42 Å². The summed E-state index contributed by atoms with van der Waals surface area (Å²) in [5, 5.41) is 3.05. The van der Waals surface area contributed by atoms with Crippen molar-refractivity contribution in [2.45, 2.75) is 6.42 Å². The molecule has 8 nitrogen and oxygen atoms in total. The lowest BCUT2D eigenvalue weighted by atomic mass is 10.4. The summed E-state index contributed by atoms with van der Waals surface area (Å²) in [5.41, 5.74) is -0.105. The van der Waals surface area contributed by atoms with E-state index in [2.05, 4.69) is 15.3 Å². The SMILES string of the molecule is COCCCNc1nc2c([nH]1)c(=O)n(C)c(=O)n2C. The zero-order valence-electron chi connectivity index (χ0n) is 11.2. The van der Waals surface area contributed by atoms with Crippen LogP contribution in [-0.2, 0) is 18.8 Å². The Kier molecular flexibility index (Phi) is 3.70. The van der Waals surface area contributed by atoms with E-state index < -0.39 is 5.69 Å². The van der Waals surface area contributed by atoms with Gasteiger partial charge in [0.05, 0.1) is 0 Å². The molecule has 2 rings (SSSR count). The van der Waals surface area contributed by atoms with Gasteiger partial charge in [-0.2, -0.15) is 4.98 Å². The van der Waals surface area contributed by atoms with Crippen molar-refractivity contribution in [1.29, 1.82) is 0 Å². The molecule has 0 unspecified atom stereocenters. The zero-order chi connectivity index (χ0) is 14.0. The lowest BCUT2D eigenvalue weighted by Crippen LogP contribution is -2.36. The number of nitrogens with zero attached hydrogens (tertiary/aromatic N) is 3. The Labute approximate surface area is 109 Å². The van der Waals surface area contributed by atoms with E-state index in [1.165, 1.54) is 11.6 Å². The van der Waals surface area contributed by atoms with E-state index in [9.17, 15) is 9.59 Å². The minimum atomic E-state index is -0.394. The molecule has 0 saturated heterocycles. The van der Waals surface area contributed by atoms with E-state index in [1.807, 2.05) is 0 Å². The van der Waals surface area contributed by atoms with Crippen LogP contribution in [-0.4, -0.2) is 39.4 Å². The molecule has 2 aromatic rings. The number of H-pyrrole nitrogens is 1. The van der Waals surface area contributed by atoms with Crippen LogP contribution in [0, 0.1) is 0 Å². The fourth-order valence-corrected chi connectivity index (χ4v) is 1.83. The van der Waals surface area contributed by atoms with E-state index >= 15 is 0 Å². The number of fused-ring (bicyclic) bond motifs is 1. The number of hydrogen-bond acceptors (Lipinski definition) is 5. The third-order valence-electron chi connectivity index (χ3n) is 2.91. The fourth-order valence-electron chi connectivity index (χ4n) is 1.83. The second-order valence-electron chi connectivity index (χ2n) is 4.26. The predicted molar refractivity (Wildman–Crippen MR) is 71.6 cm³/mol. The van der Waals surface area contributed by atoms with Crippen LogP contribution in [0.25, 0.3) is 11.2 Å². The van der Waals surface area contributed by atoms with Crippen LogP contribution in [0.15, 0.2) is 9.59 Å². The molecule has 0 atom stereocenters. The first-order valence-corrected chi connectivity index (χ1v) is 5.94. The van der Waals surface area contributed by atoms with E-state index in [0.29, 0.717) is 30.3 Å². The number of anilines is 1. The molecule has 19 heavy (non-hydrogen) atoms. The van der Waals surface area contributed by atoms with Crippen molar-refractivity contribution in [3.8, 4) is 0 Å². The molecule has 0 bridgehead atoms. The van der Waals surface area contributed by atoms with Gasteiger partial charge in [-0.25, -0.2) is 4.79 Å². The molecule has 0 spiro atoms. The van der Waals surface area contributed by atoms with Crippen LogP contribution in [0.1, 0.15) is 6.42 Å². The Morgan fingerprint density at radius 1 is 1.32 bits per heavy atom. The Hall–Kier alpha value is -2.09. The second kappa shape index (κ2) is 5.27. The van der Waals surface area contributed by atoms with Gasteiger partial charge in [0, 0.05) is 34.4 Å². The van der Waals surface area contributed by atoms with Crippen molar-refractivity contribution >= 4 is 17.1 Å². The summed E-state index contributed by atoms with van der Waals surface area (Å²) in [6, 6.07) is 0. The maximum Gasteiger partial charge on any atom is 0.332 e. The first-order chi connectivity index (χ1) is 9.06. The Morgan fingerprint density at radius 2 is 2.05 bits per heavy atom. The average molecular weight is 267 g/mol. The molecular weight excluding hydrogens is 250 g/mol. The summed E-state index contributed by atoms with van der Waals surface area (Å²) in [7, 11) is 4.66. The Morgan fingerprint density at radius 3 is 2.74 bits per heavy atom. The molecule has 0 saturated carbocycles. The summed E-state index contributed by atoms with van der Waals surface area (Å²) in [5.74, 6) is 0.476. The van der Waals surface area contributed by atoms with Gasteiger partial charge in [-0.15, -0.1) is 0 Å². The average Bonchev–Trinajstić information content (AvgIpc) is 2.83. The van der Waals surface area contributed by atoms with Gasteiger partial charge in [0.1, 0.15) is 0 Å². The monoisotopic (exact) mass is 267 g/mol. The highest BCUT2D eigenvalue weighted by Crippen LogP contribution is 2.07. The first kappa shape index (κ1) is 13.3. The minimum absolute atomic E-state index is 0.318. The number of methoxy groups -OCH3 is 1. The normalized spacial score (nSPS) is 11.1. The topological polar surface area (TPSA) is 93.9 Å². The highest BCUT2D eigenvalue weighted by molar-refractivity contribution is 5.72. The number of rotatable bonds is 5. The number of aromatic amines is 1. The van der Waals surface area contributed by atoms with Crippen LogP contribution in [0.2, 0.25) is 0 Å². The molecule has 0 aliphatic carbocycles. The molecule has 2 N–H and O–H groups in total. The molecule has 8 heteroatoms. The molecule has 0 aliphatic heterocycles. The molecule has 2 aromatic heterocycles. The van der Waals surface area contributed by atoms with E-state index in [1.54, 1.807) is 14.2 Å². The number of aryl methyl sites for hydroxylation is 1. The first-order valence-electron chi connectivity index (χ1n) is 5.94.